The van der Waals surface area contributed by atoms with Crippen molar-refractivity contribution in [1.29, 1.82) is 0 Å². The molecule has 8 aromatic rings. The first kappa shape index (κ1) is 29.0. The molecule has 0 saturated heterocycles. The van der Waals surface area contributed by atoms with E-state index in [2.05, 4.69) is 172 Å². The minimum absolute atomic E-state index is 0.0401. The van der Waals surface area contributed by atoms with Gasteiger partial charge in [-0.3, -0.25) is 0 Å². The summed E-state index contributed by atoms with van der Waals surface area (Å²) in [7, 11) is 0. The standard InChI is InChI=1S/C46H33N3/c1-46(2)41-15-9-8-14-39(41)40-27-26-37(29-42(40)46)33-18-23-35(24-19-33)44-47-43(34-21-16-32(17-22-34)30-10-4-3-5-11-30)48-45(49-44)38-25-20-31-12-6-7-13-36(31)28-38/h3-29H,1-2H3. The molecule has 0 fully saturated rings. The maximum Gasteiger partial charge on any atom is 0.164 e. The molecule has 3 nitrogen and oxygen atoms in total. The van der Waals surface area contributed by atoms with E-state index < -0.39 is 0 Å². The first-order valence-corrected chi connectivity index (χ1v) is 16.8. The number of hydrogen-bond acceptors (Lipinski definition) is 3. The van der Waals surface area contributed by atoms with E-state index in [0.717, 1.165) is 27.6 Å². The van der Waals surface area contributed by atoms with Crippen LogP contribution in [0.4, 0.5) is 0 Å². The highest BCUT2D eigenvalue weighted by molar-refractivity contribution is 5.87. The van der Waals surface area contributed by atoms with E-state index in [1.54, 1.807) is 0 Å². The van der Waals surface area contributed by atoms with Gasteiger partial charge in [0.2, 0.25) is 0 Å². The van der Waals surface area contributed by atoms with E-state index in [-0.39, 0.29) is 5.41 Å². The quantitative estimate of drug-likeness (QED) is 0.191. The Labute approximate surface area is 286 Å². The molecule has 9 rings (SSSR count). The van der Waals surface area contributed by atoms with Crippen LogP contribution in [-0.4, -0.2) is 15.0 Å². The molecule has 0 atom stereocenters. The molecular formula is C46H33N3. The summed E-state index contributed by atoms with van der Waals surface area (Å²) in [6.45, 7) is 4.65. The van der Waals surface area contributed by atoms with Crippen LogP contribution >= 0.6 is 0 Å². The SMILES string of the molecule is CC1(C)c2ccccc2-c2ccc(-c3ccc(-c4nc(-c5ccc(-c6ccccc6)cc5)nc(-c5ccc6ccccc6c5)n4)cc3)cc21. The lowest BCUT2D eigenvalue weighted by Gasteiger charge is -2.22. The summed E-state index contributed by atoms with van der Waals surface area (Å²) in [6.07, 6.45) is 0. The molecular weight excluding hydrogens is 595 g/mol. The Kier molecular flexibility index (Phi) is 6.80. The highest BCUT2D eigenvalue weighted by Crippen LogP contribution is 2.49. The lowest BCUT2D eigenvalue weighted by atomic mass is 9.81. The first-order valence-electron chi connectivity index (χ1n) is 16.8. The fraction of sp³-hybridized carbons (Fsp3) is 0.0652. The fourth-order valence-corrected chi connectivity index (χ4v) is 7.23. The molecule has 1 aliphatic rings. The third kappa shape index (κ3) is 5.12. The molecule has 232 valence electrons. The molecule has 0 N–H and O–H groups in total. The Hall–Kier alpha value is -6.19. The van der Waals surface area contributed by atoms with Gasteiger partial charge < -0.3 is 0 Å². The van der Waals surface area contributed by atoms with E-state index in [4.69, 9.17) is 15.0 Å². The highest BCUT2D eigenvalue weighted by atomic mass is 15.0. The zero-order chi connectivity index (χ0) is 33.0. The zero-order valence-corrected chi connectivity index (χ0v) is 27.4. The zero-order valence-electron chi connectivity index (χ0n) is 27.4. The summed E-state index contributed by atoms with van der Waals surface area (Å²) in [4.78, 5) is 15.1. The summed E-state index contributed by atoms with van der Waals surface area (Å²) in [5, 5.41) is 2.34. The normalized spacial score (nSPS) is 12.9. The smallest absolute Gasteiger partial charge is 0.164 e. The summed E-state index contributed by atoms with van der Waals surface area (Å²) in [6, 6.07) is 57.9. The van der Waals surface area contributed by atoms with Crippen molar-refractivity contribution in [3.8, 4) is 67.5 Å². The summed E-state index contributed by atoms with van der Waals surface area (Å²) in [5.74, 6) is 1.96. The van der Waals surface area contributed by atoms with Crippen molar-refractivity contribution in [2.24, 2.45) is 0 Å². The largest absolute Gasteiger partial charge is 0.208 e. The van der Waals surface area contributed by atoms with E-state index >= 15 is 0 Å². The van der Waals surface area contributed by atoms with Crippen LogP contribution in [0, 0.1) is 0 Å². The van der Waals surface area contributed by atoms with Gasteiger partial charge in [0.05, 0.1) is 0 Å². The van der Waals surface area contributed by atoms with Crippen molar-refractivity contribution in [2.45, 2.75) is 19.3 Å². The predicted molar refractivity (Wildman–Crippen MR) is 202 cm³/mol. The van der Waals surface area contributed by atoms with Crippen LogP contribution in [-0.2, 0) is 5.41 Å². The van der Waals surface area contributed by atoms with E-state index in [9.17, 15) is 0 Å². The lowest BCUT2D eigenvalue weighted by molar-refractivity contribution is 0.660. The highest BCUT2D eigenvalue weighted by Gasteiger charge is 2.35. The van der Waals surface area contributed by atoms with Gasteiger partial charge in [-0.2, -0.15) is 0 Å². The van der Waals surface area contributed by atoms with Crippen LogP contribution in [0.3, 0.4) is 0 Å². The molecule has 49 heavy (non-hydrogen) atoms. The van der Waals surface area contributed by atoms with Gasteiger partial charge in [-0.15, -0.1) is 0 Å². The summed E-state index contributed by atoms with van der Waals surface area (Å²) < 4.78 is 0. The molecule has 7 aromatic carbocycles. The summed E-state index contributed by atoms with van der Waals surface area (Å²) in [5.41, 5.74) is 13.0. The van der Waals surface area contributed by atoms with Gasteiger partial charge in [0, 0.05) is 22.1 Å². The van der Waals surface area contributed by atoms with Gasteiger partial charge in [-0.05, 0) is 67.4 Å². The van der Waals surface area contributed by atoms with Crippen molar-refractivity contribution in [3.05, 3.63) is 175 Å². The average Bonchev–Trinajstić information content (AvgIpc) is 3.40. The van der Waals surface area contributed by atoms with Crippen molar-refractivity contribution in [1.82, 2.24) is 15.0 Å². The molecule has 0 aliphatic heterocycles. The number of rotatable bonds is 5. The molecule has 3 heteroatoms. The maximum absolute atomic E-state index is 5.04. The Morgan fingerprint density at radius 2 is 0.796 bits per heavy atom. The number of aromatic nitrogens is 3. The third-order valence-electron chi connectivity index (χ3n) is 9.95. The van der Waals surface area contributed by atoms with E-state index in [1.165, 1.54) is 44.3 Å². The minimum atomic E-state index is -0.0401. The van der Waals surface area contributed by atoms with E-state index in [0.29, 0.717) is 17.5 Å². The molecule has 0 unspecified atom stereocenters. The molecule has 0 bridgehead atoms. The van der Waals surface area contributed by atoms with Gasteiger partial charge >= 0.3 is 0 Å². The van der Waals surface area contributed by atoms with Crippen molar-refractivity contribution >= 4 is 10.8 Å². The molecule has 0 radical (unpaired) electrons. The second kappa shape index (κ2) is 11.5. The van der Waals surface area contributed by atoms with Crippen LogP contribution in [0.1, 0.15) is 25.0 Å². The number of nitrogens with zero attached hydrogens (tertiary/aromatic N) is 3. The van der Waals surface area contributed by atoms with Crippen LogP contribution in [0.2, 0.25) is 0 Å². The topological polar surface area (TPSA) is 38.7 Å². The van der Waals surface area contributed by atoms with Gasteiger partial charge in [-0.25, -0.2) is 15.0 Å². The summed E-state index contributed by atoms with van der Waals surface area (Å²) >= 11 is 0. The van der Waals surface area contributed by atoms with Crippen molar-refractivity contribution in [3.63, 3.8) is 0 Å². The molecule has 0 amide bonds. The number of hydrogen-bond donors (Lipinski definition) is 0. The van der Waals surface area contributed by atoms with Crippen LogP contribution in [0.25, 0.3) is 78.3 Å². The van der Waals surface area contributed by atoms with E-state index in [1.807, 2.05) is 6.07 Å². The minimum Gasteiger partial charge on any atom is -0.208 e. The third-order valence-corrected chi connectivity index (χ3v) is 9.95. The van der Waals surface area contributed by atoms with Crippen LogP contribution in [0.15, 0.2) is 164 Å². The monoisotopic (exact) mass is 627 g/mol. The van der Waals surface area contributed by atoms with Crippen molar-refractivity contribution in [2.75, 3.05) is 0 Å². The second-order valence-corrected chi connectivity index (χ2v) is 13.3. The lowest BCUT2D eigenvalue weighted by Crippen LogP contribution is -2.14. The van der Waals surface area contributed by atoms with Crippen molar-refractivity contribution < 1.29 is 0 Å². The second-order valence-electron chi connectivity index (χ2n) is 13.3. The average molecular weight is 628 g/mol. The molecule has 1 heterocycles. The fourth-order valence-electron chi connectivity index (χ4n) is 7.23. The Bertz CT molecular complexity index is 2500. The Morgan fingerprint density at radius 1 is 0.327 bits per heavy atom. The van der Waals surface area contributed by atoms with Gasteiger partial charge in [0.25, 0.3) is 0 Å². The Morgan fingerprint density at radius 3 is 1.49 bits per heavy atom. The van der Waals surface area contributed by atoms with Gasteiger partial charge in [0.1, 0.15) is 0 Å². The molecule has 0 saturated carbocycles. The maximum atomic E-state index is 5.04. The molecule has 1 aromatic heterocycles. The van der Waals surface area contributed by atoms with Gasteiger partial charge in [-0.1, -0.05) is 166 Å². The molecule has 1 aliphatic carbocycles. The Balaban J connectivity index is 1.11. The van der Waals surface area contributed by atoms with Crippen LogP contribution < -0.4 is 0 Å². The number of benzene rings is 7. The van der Waals surface area contributed by atoms with Gasteiger partial charge in [0.15, 0.2) is 17.5 Å². The number of fused-ring (bicyclic) bond motifs is 4. The molecule has 0 spiro atoms. The first-order chi connectivity index (χ1) is 24.0. The van der Waals surface area contributed by atoms with Crippen LogP contribution in [0.5, 0.6) is 0 Å². The predicted octanol–water partition coefficient (Wildman–Crippen LogP) is 11.7.